The minimum atomic E-state index is -1.01. The Morgan fingerprint density at radius 2 is 1.82 bits per heavy atom. The number of halogens is 1. The Bertz CT molecular complexity index is 2010. The number of benzene rings is 3. The van der Waals surface area contributed by atoms with Crippen LogP contribution in [0.3, 0.4) is 0 Å². The highest BCUT2D eigenvalue weighted by atomic mass is 127. The van der Waals surface area contributed by atoms with E-state index in [2.05, 4.69) is 27.6 Å². The van der Waals surface area contributed by atoms with E-state index in [1.54, 1.807) is 57.4 Å². The van der Waals surface area contributed by atoms with Crippen molar-refractivity contribution >= 4 is 51.9 Å². The number of methoxy groups -OCH3 is 2. The normalized spacial score (nSPS) is 14.4. The van der Waals surface area contributed by atoms with Gasteiger partial charge in [0.1, 0.15) is 18.4 Å². The zero-order valence-corrected chi connectivity index (χ0v) is 27.8. The zero-order chi connectivity index (χ0) is 32.2. The highest BCUT2D eigenvalue weighted by Gasteiger charge is 2.35. The monoisotopic (exact) mass is 740 g/mol. The average Bonchev–Trinajstić information content (AvgIpc) is 3.33. The van der Waals surface area contributed by atoms with Gasteiger partial charge < -0.3 is 24.1 Å². The van der Waals surface area contributed by atoms with Crippen molar-refractivity contribution in [3.63, 3.8) is 0 Å². The predicted molar refractivity (Wildman–Crippen MR) is 177 cm³/mol. The van der Waals surface area contributed by atoms with Gasteiger partial charge in [-0.2, -0.15) is 0 Å². The van der Waals surface area contributed by atoms with Crippen molar-refractivity contribution in [1.29, 1.82) is 0 Å². The number of carbonyl (C=O) groups excluding carboxylic acids is 1. The Morgan fingerprint density at radius 1 is 1.07 bits per heavy atom. The lowest BCUT2D eigenvalue weighted by molar-refractivity contribution is -0.139. The van der Waals surface area contributed by atoms with Crippen LogP contribution in [-0.4, -0.2) is 42.4 Å². The summed E-state index contributed by atoms with van der Waals surface area (Å²) in [7, 11) is 3.06. The summed E-state index contributed by atoms with van der Waals surface area (Å²) >= 11 is 3.35. The SMILES string of the molecule is CCOC(=O)C1=C(C)N=c2s/c(=C\c3cc(I)c(OCc4cccc(C(=O)O)c4)c(OC)c3)c(=O)n2[C@H]1c1ccccc1OC. The fourth-order valence-electron chi connectivity index (χ4n) is 5.04. The Hall–Kier alpha value is -4.43. The summed E-state index contributed by atoms with van der Waals surface area (Å²) in [6, 6.07) is 16.6. The molecule has 0 fully saturated rings. The van der Waals surface area contributed by atoms with Crippen LogP contribution >= 0.6 is 33.9 Å². The van der Waals surface area contributed by atoms with E-state index >= 15 is 0 Å². The summed E-state index contributed by atoms with van der Waals surface area (Å²) in [5.74, 6) is -0.0993. The molecule has 0 aliphatic carbocycles. The third-order valence-electron chi connectivity index (χ3n) is 7.06. The molecule has 45 heavy (non-hydrogen) atoms. The molecule has 1 N–H and O–H groups in total. The predicted octanol–water partition coefficient (Wildman–Crippen LogP) is 4.70. The Labute approximate surface area is 276 Å². The van der Waals surface area contributed by atoms with Gasteiger partial charge in [0.15, 0.2) is 16.3 Å². The van der Waals surface area contributed by atoms with Gasteiger partial charge in [-0.05, 0) is 84.0 Å². The van der Waals surface area contributed by atoms with Crippen molar-refractivity contribution in [2.75, 3.05) is 20.8 Å². The van der Waals surface area contributed by atoms with E-state index in [0.717, 1.165) is 3.57 Å². The molecule has 3 aromatic carbocycles. The molecular weight excluding hydrogens is 711 g/mol. The second-order valence-electron chi connectivity index (χ2n) is 9.87. The van der Waals surface area contributed by atoms with Gasteiger partial charge in [0.05, 0.1) is 45.8 Å². The molecule has 0 saturated carbocycles. The summed E-state index contributed by atoms with van der Waals surface area (Å²) in [4.78, 5) is 43.7. The quantitative estimate of drug-likeness (QED) is 0.184. The van der Waals surface area contributed by atoms with Gasteiger partial charge in [-0.15, -0.1) is 0 Å². The first-order valence-electron chi connectivity index (χ1n) is 13.8. The van der Waals surface area contributed by atoms with E-state index in [0.29, 0.717) is 49.0 Å². The fourth-order valence-corrected chi connectivity index (χ4v) is 6.87. The number of aromatic nitrogens is 1. The molecule has 1 aromatic heterocycles. The van der Waals surface area contributed by atoms with Gasteiger partial charge in [0.25, 0.3) is 5.56 Å². The Balaban J connectivity index is 1.57. The number of thiazole rings is 1. The lowest BCUT2D eigenvalue weighted by Crippen LogP contribution is -2.40. The molecule has 1 atom stereocenters. The zero-order valence-electron chi connectivity index (χ0n) is 24.8. The molecule has 0 bridgehead atoms. The van der Waals surface area contributed by atoms with Crippen molar-refractivity contribution in [2.24, 2.45) is 4.99 Å². The number of allylic oxidation sites excluding steroid dienone is 1. The first kappa shape index (κ1) is 32.0. The minimum absolute atomic E-state index is 0.135. The lowest BCUT2D eigenvalue weighted by Gasteiger charge is -2.25. The third-order valence-corrected chi connectivity index (χ3v) is 8.84. The van der Waals surface area contributed by atoms with Gasteiger partial charge in [-0.3, -0.25) is 9.36 Å². The van der Waals surface area contributed by atoms with E-state index in [1.165, 1.54) is 29.1 Å². The first-order chi connectivity index (χ1) is 21.7. The number of hydrogen-bond acceptors (Lipinski definition) is 9. The van der Waals surface area contributed by atoms with Crippen molar-refractivity contribution in [3.05, 3.63) is 117 Å². The van der Waals surface area contributed by atoms with Crippen molar-refractivity contribution in [3.8, 4) is 17.2 Å². The number of para-hydroxylation sites is 1. The number of rotatable bonds is 10. The first-order valence-corrected chi connectivity index (χ1v) is 15.7. The Morgan fingerprint density at radius 3 is 2.53 bits per heavy atom. The molecule has 10 nitrogen and oxygen atoms in total. The van der Waals surface area contributed by atoms with Gasteiger partial charge >= 0.3 is 11.9 Å². The standard InChI is InChI=1S/C33H29IN2O8S/c1-5-43-32(40)27-18(2)35-33-36(28(27)22-11-6-7-12-24(22)41-3)30(37)26(45-33)16-20-14-23(34)29(25(15-20)42-4)44-17-19-9-8-10-21(13-19)31(38)39/h6-16,28H,5,17H2,1-4H3,(H,38,39)/b26-16-/t28-/m0/s1. The molecule has 2 heterocycles. The van der Waals surface area contributed by atoms with Gasteiger partial charge in [0.2, 0.25) is 0 Å². The number of carboxylic acid groups (broad SMARTS) is 1. The van der Waals surface area contributed by atoms with Gasteiger partial charge in [-0.25, -0.2) is 14.6 Å². The van der Waals surface area contributed by atoms with Crippen molar-refractivity contribution in [2.45, 2.75) is 26.5 Å². The van der Waals surface area contributed by atoms with E-state index < -0.39 is 18.0 Å². The van der Waals surface area contributed by atoms with Crippen molar-refractivity contribution in [1.82, 2.24) is 4.57 Å². The van der Waals surface area contributed by atoms with E-state index in [1.807, 2.05) is 24.3 Å². The van der Waals surface area contributed by atoms with Crippen LogP contribution in [0, 0.1) is 3.57 Å². The van der Waals surface area contributed by atoms with Gasteiger partial charge in [0, 0.05) is 5.56 Å². The van der Waals surface area contributed by atoms with Gasteiger partial charge in [-0.1, -0.05) is 41.7 Å². The minimum Gasteiger partial charge on any atom is -0.496 e. The van der Waals surface area contributed by atoms with Crippen molar-refractivity contribution < 1.29 is 33.6 Å². The topological polar surface area (TPSA) is 126 Å². The van der Waals surface area contributed by atoms with Crippen LogP contribution in [0.4, 0.5) is 0 Å². The molecule has 0 spiro atoms. The second-order valence-corrected chi connectivity index (χ2v) is 12.0. The number of carboxylic acids is 1. The number of aromatic carboxylic acids is 1. The number of ether oxygens (including phenoxy) is 4. The molecule has 12 heteroatoms. The van der Waals surface area contributed by atoms with E-state index in [-0.39, 0.29) is 29.9 Å². The molecule has 4 aromatic rings. The molecule has 1 aliphatic heterocycles. The number of carbonyl (C=O) groups is 2. The maximum Gasteiger partial charge on any atom is 0.338 e. The molecule has 1 aliphatic rings. The number of nitrogens with zero attached hydrogens (tertiary/aromatic N) is 2. The summed E-state index contributed by atoms with van der Waals surface area (Å²) in [6.45, 7) is 3.77. The van der Waals surface area contributed by atoms with Crippen LogP contribution in [-0.2, 0) is 16.1 Å². The molecule has 0 radical (unpaired) electrons. The highest BCUT2D eigenvalue weighted by Crippen LogP contribution is 2.36. The molecular formula is C33H29IN2O8S. The molecule has 0 unspecified atom stereocenters. The summed E-state index contributed by atoms with van der Waals surface area (Å²) in [5.41, 5.74) is 2.60. The van der Waals surface area contributed by atoms with Crippen LogP contribution in [0.2, 0.25) is 0 Å². The van der Waals surface area contributed by atoms with Crippen LogP contribution < -0.4 is 29.1 Å². The van der Waals surface area contributed by atoms with E-state index in [9.17, 15) is 19.5 Å². The maximum absolute atomic E-state index is 14.0. The average molecular weight is 741 g/mol. The van der Waals surface area contributed by atoms with Crippen LogP contribution in [0.5, 0.6) is 17.2 Å². The van der Waals surface area contributed by atoms with Crippen LogP contribution in [0.25, 0.3) is 6.08 Å². The highest BCUT2D eigenvalue weighted by molar-refractivity contribution is 14.1. The summed E-state index contributed by atoms with van der Waals surface area (Å²) in [6.07, 6.45) is 1.75. The smallest absolute Gasteiger partial charge is 0.338 e. The number of esters is 1. The van der Waals surface area contributed by atoms with E-state index in [4.69, 9.17) is 18.9 Å². The fraction of sp³-hybridized carbons (Fsp3) is 0.212. The lowest BCUT2D eigenvalue weighted by atomic mass is 9.95. The third kappa shape index (κ3) is 6.52. The number of hydrogen-bond donors (Lipinski definition) is 1. The maximum atomic E-state index is 14.0. The summed E-state index contributed by atoms with van der Waals surface area (Å²) < 4.78 is 25.3. The molecule has 0 amide bonds. The van der Waals surface area contributed by atoms with Crippen LogP contribution in [0.1, 0.15) is 46.9 Å². The largest absolute Gasteiger partial charge is 0.496 e. The van der Waals surface area contributed by atoms with Crippen LogP contribution in [0.15, 0.2) is 81.7 Å². The Kier molecular flexibility index (Phi) is 9.73. The molecule has 0 saturated heterocycles. The summed E-state index contributed by atoms with van der Waals surface area (Å²) in [5, 5.41) is 9.29. The number of fused-ring (bicyclic) bond motifs is 1. The molecule has 232 valence electrons. The molecule has 5 rings (SSSR count). The second kappa shape index (κ2) is 13.7.